The molecule has 21 heavy (non-hydrogen) atoms. The first-order valence-corrected chi connectivity index (χ1v) is 6.81. The molecule has 3 N–H and O–H groups in total. The molecule has 0 radical (unpaired) electrons. The molecule has 5 heteroatoms. The van der Waals surface area contributed by atoms with Gasteiger partial charge in [-0.2, -0.15) is 0 Å². The van der Waals surface area contributed by atoms with Crippen LogP contribution >= 0.6 is 0 Å². The Morgan fingerprint density at radius 1 is 1.38 bits per heavy atom. The van der Waals surface area contributed by atoms with Gasteiger partial charge in [-0.05, 0) is 43.2 Å². The van der Waals surface area contributed by atoms with Crippen LogP contribution in [-0.2, 0) is 6.54 Å². The Morgan fingerprint density at radius 2 is 2.19 bits per heavy atom. The number of pyridine rings is 1. The van der Waals surface area contributed by atoms with E-state index in [2.05, 4.69) is 10.3 Å². The van der Waals surface area contributed by atoms with Gasteiger partial charge in [-0.15, -0.1) is 0 Å². The lowest BCUT2D eigenvalue weighted by Crippen LogP contribution is -2.23. The van der Waals surface area contributed by atoms with Gasteiger partial charge in [0.1, 0.15) is 5.75 Å². The number of amides is 1. The number of carbonyl (C=O) groups is 1. The van der Waals surface area contributed by atoms with Gasteiger partial charge < -0.3 is 15.8 Å². The van der Waals surface area contributed by atoms with Crippen molar-refractivity contribution in [3.05, 3.63) is 53.3 Å². The molecule has 0 atom stereocenters. The van der Waals surface area contributed by atoms with Gasteiger partial charge in [0.2, 0.25) is 0 Å². The van der Waals surface area contributed by atoms with Crippen molar-refractivity contribution in [2.75, 3.05) is 12.3 Å². The lowest BCUT2D eigenvalue weighted by molar-refractivity contribution is 0.0950. The standard InChI is InChI=1S/C16H19N3O2/c1-3-21-15-7-12(6-14(17)8-15)16(20)19-10-13-9-18-5-4-11(13)2/h4-9H,3,10,17H2,1-2H3,(H,19,20). The normalized spacial score (nSPS) is 10.2. The summed E-state index contributed by atoms with van der Waals surface area (Å²) in [6.45, 7) is 4.82. The van der Waals surface area contributed by atoms with Gasteiger partial charge >= 0.3 is 0 Å². The van der Waals surface area contributed by atoms with E-state index in [1.165, 1.54) is 0 Å². The van der Waals surface area contributed by atoms with Crippen LogP contribution in [0.4, 0.5) is 5.69 Å². The molecule has 0 spiro atoms. The highest BCUT2D eigenvalue weighted by atomic mass is 16.5. The number of carbonyl (C=O) groups excluding carboxylic acids is 1. The molecule has 0 saturated carbocycles. The number of hydrogen-bond acceptors (Lipinski definition) is 4. The maximum Gasteiger partial charge on any atom is 0.251 e. The molecule has 0 bridgehead atoms. The quantitative estimate of drug-likeness (QED) is 0.826. The van der Waals surface area contributed by atoms with Crippen LogP contribution in [0.1, 0.15) is 28.4 Å². The number of anilines is 1. The summed E-state index contributed by atoms with van der Waals surface area (Å²) >= 11 is 0. The van der Waals surface area contributed by atoms with Crippen LogP contribution in [0.25, 0.3) is 0 Å². The molecular weight excluding hydrogens is 266 g/mol. The summed E-state index contributed by atoms with van der Waals surface area (Å²) < 4.78 is 5.39. The van der Waals surface area contributed by atoms with Gasteiger partial charge in [0.15, 0.2) is 0 Å². The molecule has 0 fully saturated rings. The molecule has 5 nitrogen and oxygen atoms in total. The van der Waals surface area contributed by atoms with Crippen LogP contribution in [0.15, 0.2) is 36.7 Å². The summed E-state index contributed by atoms with van der Waals surface area (Å²) in [7, 11) is 0. The number of aromatic nitrogens is 1. The highest BCUT2D eigenvalue weighted by molar-refractivity contribution is 5.95. The van der Waals surface area contributed by atoms with Crippen LogP contribution in [0.3, 0.4) is 0 Å². The van der Waals surface area contributed by atoms with Crippen molar-refractivity contribution < 1.29 is 9.53 Å². The fourth-order valence-corrected chi connectivity index (χ4v) is 1.96. The Kier molecular flexibility index (Phi) is 4.77. The van der Waals surface area contributed by atoms with Crippen molar-refractivity contribution in [3.8, 4) is 5.75 Å². The summed E-state index contributed by atoms with van der Waals surface area (Å²) in [5.41, 5.74) is 8.85. The van der Waals surface area contributed by atoms with E-state index in [9.17, 15) is 4.79 Å². The van der Waals surface area contributed by atoms with E-state index in [0.717, 1.165) is 11.1 Å². The first kappa shape index (κ1) is 14.8. The molecule has 1 amide bonds. The first-order valence-electron chi connectivity index (χ1n) is 6.81. The monoisotopic (exact) mass is 285 g/mol. The van der Waals surface area contributed by atoms with E-state index >= 15 is 0 Å². The van der Waals surface area contributed by atoms with Gasteiger partial charge in [0.25, 0.3) is 5.91 Å². The van der Waals surface area contributed by atoms with Gasteiger partial charge in [-0.25, -0.2) is 0 Å². The smallest absolute Gasteiger partial charge is 0.251 e. The minimum absolute atomic E-state index is 0.188. The average Bonchev–Trinajstić information content (AvgIpc) is 2.46. The topological polar surface area (TPSA) is 77.2 Å². The first-order chi connectivity index (χ1) is 10.1. The fourth-order valence-electron chi connectivity index (χ4n) is 1.96. The summed E-state index contributed by atoms with van der Waals surface area (Å²) in [6.07, 6.45) is 3.48. The molecule has 0 aliphatic rings. The molecule has 0 unspecified atom stereocenters. The number of rotatable bonds is 5. The van der Waals surface area contributed by atoms with Crippen molar-refractivity contribution in [1.82, 2.24) is 10.3 Å². The van der Waals surface area contributed by atoms with E-state index in [1.54, 1.807) is 30.6 Å². The summed E-state index contributed by atoms with van der Waals surface area (Å²) in [5, 5.41) is 2.86. The van der Waals surface area contributed by atoms with Crippen LogP contribution in [0, 0.1) is 6.92 Å². The van der Waals surface area contributed by atoms with Gasteiger partial charge in [0.05, 0.1) is 6.61 Å². The minimum atomic E-state index is -0.188. The molecule has 1 aromatic carbocycles. The third-order valence-corrected chi connectivity index (χ3v) is 3.09. The molecule has 1 aromatic heterocycles. The largest absolute Gasteiger partial charge is 0.494 e. The molecular formula is C16H19N3O2. The molecule has 0 aliphatic carbocycles. The predicted molar refractivity (Wildman–Crippen MR) is 82.2 cm³/mol. The zero-order valence-corrected chi connectivity index (χ0v) is 12.2. The van der Waals surface area contributed by atoms with Crippen LogP contribution in [0.5, 0.6) is 5.75 Å². The van der Waals surface area contributed by atoms with Crippen molar-refractivity contribution >= 4 is 11.6 Å². The number of nitrogens with two attached hydrogens (primary N) is 1. The Morgan fingerprint density at radius 3 is 2.90 bits per heavy atom. The van der Waals surface area contributed by atoms with E-state index in [4.69, 9.17) is 10.5 Å². The minimum Gasteiger partial charge on any atom is -0.494 e. The Bertz CT molecular complexity index is 641. The van der Waals surface area contributed by atoms with E-state index in [-0.39, 0.29) is 5.91 Å². The number of aryl methyl sites for hydroxylation is 1. The fraction of sp³-hybridized carbons (Fsp3) is 0.250. The third kappa shape index (κ3) is 3.95. The van der Waals surface area contributed by atoms with Crippen molar-refractivity contribution in [3.63, 3.8) is 0 Å². The van der Waals surface area contributed by atoms with E-state index < -0.39 is 0 Å². The highest BCUT2D eigenvalue weighted by Crippen LogP contribution is 2.19. The summed E-state index contributed by atoms with van der Waals surface area (Å²) in [6, 6.07) is 6.93. The van der Waals surface area contributed by atoms with Gasteiger partial charge in [0, 0.05) is 36.3 Å². The van der Waals surface area contributed by atoms with Crippen molar-refractivity contribution in [2.45, 2.75) is 20.4 Å². The number of nitrogens with one attached hydrogen (secondary N) is 1. The maximum absolute atomic E-state index is 12.2. The van der Waals surface area contributed by atoms with E-state index in [0.29, 0.717) is 30.2 Å². The number of benzene rings is 1. The third-order valence-electron chi connectivity index (χ3n) is 3.09. The molecule has 2 aromatic rings. The molecule has 2 rings (SSSR count). The lowest BCUT2D eigenvalue weighted by atomic mass is 10.1. The maximum atomic E-state index is 12.2. The van der Waals surface area contributed by atoms with Gasteiger partial charge in [-0.3, -0.25) is 9.78 Å². The van der Waals surface area contributed by atoms with Crippen molar-refractivity contribution in [1.29, 1.82) is 0 Å². The zero-order chi connectivity index (χ0) is 15.2. The molecule has 0 saturated heterocycles. The highest BCUT2D eigenvalue weighted by Gasteiger charge is 2.09. The Balaban J connectivity index is 2.08. The number of ether oxygens (including phenoxy) is 1. The van der Waals surface area contributed by atoms with Crippen LogP contribution in [-0.4, -0.2) is 17.5 Å². The SMILES string of the molecule is CCOc1cc(N)cc(C(=O)NCc2cnccc2C)c1. The Labute approximate surface area is 124 Å². The molecule has 1 heterocycles. The number of hydrogen-bond donors (Lipinski definition) is 2. The molecule has 110 valence electrons. The predicted octanol–water partition coefficient (Wildman–Crippen LogP) is 2.30. The second-order valence-corrected chi connectivity index (χ2v) is 4.71. The van der Waals surface area contributed by atoms with Crippen molar-refractivity contribution in [2.24, 2.45) is 0 Å². The zero-order valence-electron chi connectivity index (χ0n) is 12.2. The summed E-state index contributed by atoms with van der Waals surface area (Å²) in [4.78, 5) is 16.3. The molecule has 0 aliphatic heterocycles. The second-order valence-electron chi connectivity index (χ2n) is 4.71. The lowest BCUT2D eigenvalue weighted by Gasteiger charge is -2.10. The number of nitrogens with zero attached hydrogens (tertiary/aromatic N) is 1. The van der Waals surface area contributed by atoms with Gasteiger partial charge in [-0.1, -0.05) is 0 Å². The van der Waals surface area contributed by atoms with Crippen LogP contribution < -0.4 is 15.8 Å². The van der Waals surface area contributed by atoms with E-state index in [1.807, 2.05) is 19.9 Å². The average molecular weight is 285 g/mol. The summed E-state index contributed by atoms with van der Waals surface area (Å²) in [5.74, 6) is 0.409. The Hall–Kier alpha value is -2.56. The number of nitrogen functional groups attached to an aromatic ring is 1. The van der Waals surface area contributed by atoms with Crippen LogP contribution in [0.2, 0.25) is 0 Å². The second kappa shape index (κ2) is 6.74.